The molecule has 2 aromatic carbocycles. The van der Waals surface area contributed by atoms with Crippen molar-refractivity contribution in [2.45, 2.75) is 18.9 Å². The fourth-order valence-corrected chi connectivity index (χ4v) is 3.02. The van der Waals surface area contributed by atoms with Gasteiger partial charge in [-0.05, 0) is 36.4 Å². The maximum atomic E-state index is 11.0. The van der Waals surface area contributed by atoms with Crippen LogP contribution in [0.1, 0.15) is 23.2 Å². The summed E-state index contributed by atoms with van der Waals surface area (Å²) in [5, 5.41) is 20.9. The van der Waals surface area contributed by atoms with E-state index in [1.165, 1.54) is 12.1 Å². The number of anilines is 1. The molecule has 24 heavy (non-hydrogen) atoms. The Morgan fingerprint density at radius 1 is 1.08 bits per heavy atom. The maximum absolute atomic E-state index is 11.0. The summed E-state index contributed by atoms with van der Waals surface area (Å²) in [6.45, 7) is 1.23. The number of benzene rings is 2. The molecule has 0 unspecified atom stereocenters. The summed E-state index contributed by atoms with van der Waals surface area (Å²) in [4.78, 5) is 12.8. The molecule has 0 spiro atoms. The quantitative estimate of drug-likeness (QED) is 0.827. The van der Waals surface area contributed by atoms with E-state index in [1.807, 2.05) is 17.0 Å². The molecule has 0 saturated carbocycles. The van der Waals surface area contributed by atoms with Gasteiger partial charge in [-0.25, -0.2) is 0 Å². The number of aldehydes is 1. The first-order valence-corrected chi connectivity index (χ1v) is 8.13. The molecule has 6 heteroatoms. The number of carbonyl (C=O) groups is 1. The standard InChI is InChI=1S/C18H18ClNO4/c19-13-2-4-14(5-3-13)24-15-7-9-20(10-8-15)17-16(22)6-1-12(11-21)18(17)23/h1-6,11,15,22-23H,7-10H2. The van der Waals surface area contributed by atoms with E-state index in [1.54, 1.807) is 12.1 Å². The Bertz CT molecular complexity index is 725. The zero-order chi connectivity index (χ0) is 17.1. The molecule has 3 rings (SSSR count). The molecule has 2 N–H and O–H groups in total. The molecule has 0 radical (unpaired) electrons. The number of phenolic OH excluding ortho intramolecular Hbond substituents is 2. The van der Waals surface area contributed by atoms with Gasteiger partial charge in [-0.3, -0.25) is 4.79 Å². The van der Waals surface area contributed by atoms with E-state index in [4.69, 9.17) is 16.3 Å². The van der Waals surface area contributed by atoms with Gasteiger partial charge in [0.2, 0.25) is 0 Å². The predicted octanol–water partition coefficient (Wildman–Crippen LogP) is 3.61. The smallest absolute Gasteiger partial charge is 0.153 e. The second-order valence-corrected chi connectivity index (χ2v) is 6.18. The molecule has 0 bridgehead atoms. The Morgan fingerprint density at radius 3 is 2.38 bits per heavy atom. The Balaban J connectivity index is 1.67. The van der Waals surface area contributed by atoms with E-state index >= 15 is 0 Å². The molecule has 0 amide bonds. The van der Waals surface area contributed by atoms with E-state index in [-0.39, 0.29) is 23.2 Å². The van der Waals surface area contributed by atoms with Crippen molar-refractivity contribution in [2.24, 2.45) is 0 Å². The number of ether oxygens (including phenoxy) is 1. The van der Waals surface area contributed by atoms with Crippen LogP contribution in [0, 0.1) is 0 Å². The molecule has 1 aliphatic heterocycles. The molecule has 5 nitrogen and oxygen atoms in total. The summed E-state index contributed by atoms with van der Waals surface area (Å²) >= 11 is 5.86. The third-order valence-electron chi connectivity index (χ3n) is 4.16. The molecular weight excluding hydrogens is 330 g/mol. The van der Waals surface area contributed by atoms with Crippen LogP contribution in [0.2, 0.25) is 5.02 Å². The van der Waals surface area contributed by atoms with Gasteiger partial charge < -0.3 is 19.8 Å². The summed E-state index contributed by atoms with van der Waals surface area (Å²) in [5.41, 5.74) is 0.479. The first-order chi connectivity index (χ1) is 11.6. The van der Waals surface area contributed by atoms with Crippen LogP contribution in [0.25, 0.3) is 0 Å². The number of aromatic hydroxyl groups is 2. The summed E-state index contributed by atoms with van der Waals surface area (Å²) in [5.74, 6) is 0.559. The van der Waals surface area contributed by atoms with Gasteiger partial charge in [-0.1, -0.05) is 11.6 Å². The van der Waals surface area contributed by atoms with Gasteiger partial charge in [-0.2, -0.15) is 0 Å². The third kappa shape index (κ3) is 3.41. The molecule has 2 aromatic rings. The minimum absolute atomic E-state index is 0.0323. The first-order valence-electron chi connectivity index (χ1n) is 7.76. The average molecular weight is 348 g/mol. The van der Waals surface area contributed by atoms with E-state index in [9.17, 15) is 15.0 Å². The number of rotatable bonds is 4. The maximum Gasteiger partial charge on any atom is 0.153 e. The molecule has 1 aliphatic rings. The van der Waals surface area contributed by atoms with Crippen molar-refractivity contribution in [3.63, 3.8) is 0 Å². The van der Waals surface area contributed by atoms with Gasteiger partial charge in [0.15, 0.2) is 12.0 Å². The lowest BCUT2D eigenvalue weighted by molar-refractivity contribution is 0.112. The van der Waals surface area contributed by atoms with Crippen molar-refractivity contribution in [3.8, 4) is 17.2 Å². The van der Waals surface area contributed by atoms with Gasteiger partial charge in [0.05, 0.1) is 5.56 Å². The largest absolute Gasteiger partial charge is 0.506 e. The summed E-state index contributed by atoms with van der Waals surface area (Å²) in [6.07, 6.45) is 2.12. The van der Waals surface area contributed by atoms with Crippen LogP contribution in [0.3, 0.4) is 0 Å². The summed E-state index contributed by atoms with van der Waals surface area (Å²) in [6, 6.07) is 10.1. The summed E-state index contributed by atoms with van der Waals surface area (Å²) in [7, 11) is 0. The number of piperidine rings is 1. The lowest BCUT2D eigenvalue weighted by Gasteiger charge is -2.34. The topological polar surface area (TPSA) is 70.0 Å². The van der Waals surface area contributed by atoms with Crippen LogP contribution in [-0.2, 0) is 0 Å². The molecular formula is C18H18ClNO4. The normalized spacial score (nSPS) is 15.3. The van der Waals surface area contributed by atoms with Crippen LogP contribution in [-0.4, -0.2) is 35.7 Å². The van der Waals surface area contributed by atoms with Crippen LogP contribution in [0.5, 0.6) is 17.2 Å². The first kappa shape index (κ1) is 16.5. The highest BCUT2D eigenvalue weighted by molar-refractivity contribution is 6.30. The van der Waals surface area contributed by atoms with E-state index in [0.717, 1.165) is 18.6 Å². The Hall–Kier alpha value is -2.40. The molecule has 0 aliphatic carbocycles. The predicted molar refractivity (Wildman–Crippen MR) is 92.5 cm³/mol. The average Bonchev–Trinajstić information content (AvgIpc) is 2.59. The van der Waals surface area contributed by atoms with Crippen molar-refractivity contribution in [1.82, 2.24) is 0 Å². The number of hydrogen-bond acceptors (Lipinski definition) is 5. The number of nitrogens with zero attached hydrogens (tertiary/aromatic N) is 1. The number of carbonyl (C=O) groups excluding carboxylic acids is 1. The molecule has 1 fully saturated rings. The van der Waals surface area contributed by atoms with E-state index < -0.39 is 0 Å². The number of halogens is 1. The highest BCUT2D eigenvalue weighted by Crippen LogP contribution is 2.40. The molecule has 0 aromatic heterocycles. The van der Waals surface area contributed by atoms with Crippen molar-refractivity contribution in [1.29, 1.82) is 0 Å². The van der Waals surface area contributed by atoms with Gasteiger partial charge >= 0.3 is 0 Å². The lowest BCUT2D eigenvalue weighted by Crippen LogP contribution is -2.38. The van der Waals surface area contributed by atoms with Crippen LogP contribution in [0.15, 0.2) is 36.4 Å². The molecule has 1 saturated heterocycles. The Morgan fingerprint density at radius 2 is 1.75 bits per heavy atom. The zero-order valence-electron chi connectivity index (χ0n) is 13.0. The van der Waals surface area contributed by atoms with Gasteiger partial charge in [0.1, 0.15) is 23.3 Å². The summed E-state index contributed by atoms with van der Waals surface area (Å²) < 4.78 is 5.93. The minimum Gasteiger partial charge on any atom is -0.506 e. The Kier molecular flexibility index (Phi) is 4.81. The minimum atomic E-state index is -0.179. The zero-order valence-corrected chi connectivity index (χ0v) is 13.7. The fourth-order valence-electron chi connectivity index (χ4n) is 2.89. The number of phenols is 2. The Labute approximate surface area is 145 Å². The fraction of sp³-hybridized carbons (Fsp3) is 0.278. The lowest BCUT2D eigenvalue weighted by atomic mass is 10.0. The highest BCUT2D eigenvalue weighted by atomic mass is 35.5. The molecule has 126 valence electrons. The van der Waals surface area contributed by atoms with Gasteiger partial charge in [0.25, 0.3) is 0 Å². The molecule has 0 atom stereocenters. The second kappa shape index (κ2) is 7.01. The van der Waals surface area contributed by atoms with Crippen molar-refractivity contribution in [3.05, 3.63) is 47.0 Å². The van der Waals surface area contributed by atoms with Gasteiger partial charge in [0, 0.05) is 31.0 Å². The van der Waals surface area contributed by atoms with Crippen molar-refractivity contribution < 1.29 is 19.7 Å². The van der Waals surface area contributed by atoms with Crippen LogP contribution < -0.4 is 9.64 Å². The van der Waals surface area contributed by atoms with Gasteiger partial charge in [-0.15, -0.1) is 0 Å². The van der Waals surface area contributed by atoms with Crippen molar-refractivity contribution >= 4 is 23.6 Å². The highest BCUT2D eigenvalue weighted by Gasteiger charge is 2.25. The van der Waals surface area contributed by atoms with E-state index in [0.29, 0.717) is 30.1 Å². The van der Waals surface area contributed by atoms with Crippen molar-refractivity contribution in [2.75, 3.05) is 18.0 Å². The second-order valence-electron chi connectivity index (χ2n) is 5.75. The molecule has 1 heterocycles. The third-order valence-corrected chi connectivity index (χ3v) is 4.41. The monoisotopic (exact) mass is 347 g/mol. The number of hydrogen-bond donors (Lipinski definition) is 2. The van der Waals surface area contributed by atoms with Crippen LogP contribution >= 0.6 is 11.6 Å². The SMILES string of the molecule is O=Cc1ccc(O)c(N2CCC(Oc3ccc(Cl)cc3)CC2)c1O. The van der Waals surface area contributed by atoms with Crippen LogP contribution in [0.4, 0.5) is 5.69 Å². The van der Waals surface area contributed by atoms with E-state index in [2.05, 4.69) is 0 Å².